The van der Waals surface area contributed by atoms with Crippen molar-refractivity contribution in [3.05, 3.63) is 51.9 Å². The monoisotopic (exact) mass is 431 g/mol. The topological polar surface area (TPSA) is 89.3 Å². The molecule has 1 aliphatic heterocycles. The summed E-state index contributed by atoms with van der Waals surface area (Å²) >= 11 is 1.39. The molecule has 3 heterocycles. The van der Waals surface area contributed by atoms with Crippen LogP contribution in [0.1, 0.15) is 12.0 Å². The van der Waals surface area contributed by atoms with Crippen molar-refractivity contribution >= 4 is 37.3 Å². The van der Waals surface area contributed by atoms with Crippen LogP contribution in [0.5, 0.6) is 0 Å². The number of hydrogen-bond donors (Lipinski definition) is 0. The summed E-state index contributed by atoms with van der Waals surface area (Å²) in [5.74, 6) is -0.233. The van der Waals surface area contributed by atoms with Gasteiger partial charge in [0.2, 0.25) is 5.91 Å². The Bertz CT molecular complexity index is 1240. The highest BCUT2D eigenvalue weighted by atomic mass is 32.2. The Morgan fingerprint density at radius 1 is 1.31 bits per heavy atom. The zero-order valence-corrected chi connectivity index (χ0v) is 17.8. The molecule has 2 aromatic heterocycles. The Hall–Kier alpha value is -2.52. The molecule has 0 spiro atoms. The molecule has 7 nitrogen and oxygen atoms in total. The molecule has 152 valence electrons. The zero-order valence-electron chi connectivity index (χ0n) is 16.2. The third kappa shape index (κ3) is 3.84. The lowest BCUT2D eigenvalue weighted by Gasteiger charge is -2.23. The Morgan fingerprint density at radius 3 is 2.69 bits per heavy atom. The summed E-state index contributed by atoms with van der Waals surface area (Å²) < 4.78 is 24.7. The molecule has 1 aromatic carbocycles. The van der Waals surface area contributed by atoms with Gasteiger partial charge in [0.25, 0.3) is 5.56 Å². The number of carbonyl (C=O) groups is 1. The van der Waals surface area contributed by atoms with E-state index in [4.69, 9.17) is 0 Å². The van der Waals surface area contributed by atoms with E-state index in [1.54, 1.807) is 7.05 Å². The third-order valence-electron chi connectivity index (χ3n) is 5.38. The average molecular weight is 432 g/mol. The smallest absolute Gasteiger partial charge is 0.263 e. The van der Waals surface area contributed by atoms with Crippen LogP contribution in [0.4, 0.5) is 0 Å². The first-order valence-corrected chi connectivity index (χ1v) is 11.9. The number of nitrogens with zero attached hydrogens (tertiary/aromatic N) is 3. The lowest BCUT2D eigenvalue weighted by Crippen LogP contribution is -2.41. The number of thiophene rings is 1. The molecule has 1 saturated heterocycles. The maximum Gasteiger partial charge on any atom is 0.263 e. The van der Waals surface area contributed by atoms with Gasteiger partial charge in [-0.05, 0) is 18.9 Å². The van der Waals surface area contributed by atoms with Gasteiger partial charge in [0.15, 0.2) is 9.84 Å². The van der Waals surface area contributed by atoms with Crippen LogP contribution in [0, 0.1) is 6.92 Å². The molecule has 9 heteroatoms. The number of rotatable bonds is 4. The number of amides is 1. The van der Waals surface area contributed by atoms with E-state index < -0.39 is 9.84 Å². The van der Waals surface area contributed by atoms with E-state index in [1.165, 1.54) is 27.1 Å². The van der Waals surface area contributed by atoms with Crippen LogP contribution in [0.3, 0.4) is 0 Å². The van der Waals surface area contributed by atoms with E-state index in [1.807, 2.05) is 36.6 Å². The number of aromatic nitrogens is 2. The van der Waals surface area contributed by atoms with Crippen LogP contribution in [-0.4, -0.2) is 53.4 Å². The van der Waals surface area contributed by atoms with Crippen LogP contribution in [0.2, 0.25) is 0 Å². The summed E-state index contributed by atoms with van der Waals surface area (Å²) in [5, 5.41) is 2.41. The number of aryl methyl sites for hydroxylation is 1. The lowest BCUT2D eigenvalue weighted by molar-refractivity contribution is -0.132. The normalized spacial score (nSPS) is 18.2. The molecule has 1 atom stereocenters. The van der Waals surface area contributed by atoms with Crippen molar-refractivity contribution in [2.24, 2.45) is 0 Å². The second-order valence-corrected chi connectivity index (χ2v) is 10.5. The molecule has 0 bridgehead atoms. The lowest BCUT2D eigenvalue weighted by atomic mass is 10.1. The van der Waals surface area contributed by atoms with Crippen LogP contribution in [0.15, 0.2) is 40.8 Å². The first-order chi connectivity index (χ1) is 13.7. The van der Waals surface area contributed by atoms with Crippen molar-refractivity contribution in [1.29, 1.82) is 0 Å². The van der Waals surface area contributed by atoms with Gasteiger partial charge < -0.3 is 4.90 Å². The Labute approximate surface area is 172 Å². The third-order valence-corrected chi connectivity index (χ3v) is 8.02. The van der Waals surface area contributed by atoms with Gasteiger partial charge in [-0.25, -0.2) is 13.4 Å². The summed E-state index contributed by atoms with van der Waals surface area (Å²) in [7, 11) is -1.50. The van der Waals surface area contributed by atoms with Crippen molar-refractivity contribution in [2.45, 2.75) is 25.9 Å². The number of hydrogen-bond acceptors (Lipinski definition) is 6. The van der Waals surface area contributed by atoms with Gasteiger partial charge >= 0.3 is 0 Å². The van der Waals surface area contributed by atoms with Crippen molar-refractivity contribution in [2.75, 3.05) is 18.6 Å². The first kappa shape index (κ1) is 19.8. The maximum absolute atomic E-state index is 13.1. The fourth-order valence-corrected chi connectivity index (χ4v) is 6.25. The highest BCUT2D eigenvalue weighted by Crippen LogP contribution is 2.30. The highest BCUT2D eigenvalue weighted by Gasteiger charge is 2.32. The Morgan fingerprint density at radius 2 is 2.03 bits per heavy atom. The van der Waals surface area contributed by atoms with E-state index in [0.717, 1.165) is 16.7 Å². The van der Waals surface area contributed by atoms with Gasteiger partial charge in [0, 0.05) is 24.0 Å². The zero-order chi connectivity index (χ0) is 20.8. The molecule has 1 amide bonds. The largest absolute Gasteiger partial charge is 0.340 e. The van der Waals surface area contributed by atoms with Gasteiger partial charge in [-0.15, -0.1) is 11.3 Å². The van der Waals surface area contributed by atoms with Gasteiger partial charge in [0.1, 0.15) is 11.4 Å². The Balaban J connectivity index is 1.64. The summed E-state index contributed by atoms with van der Waals surface area (Å²) in [4.78, 5) is 32.2. The van der Waals surface area contributed by atoms with E-state index in [-0.39, 0.29) is 35.6 Å². The fraction of sp³-hybridized carbons (Fsp3) is 0.350. The van der Waals surface area contributed by atoms with Crippen LogP contribution in [0.25, 0.3) is 21.3 Å². The summed E-state index contributed by atoms with van der Waals surface area (Å²) in [6, 6.07) is 7.56. The number of likely N-dealkylation sites (N-methyl/N-ethyl adjacent to an activating group) is 1. The minimum Gasteiger partial charge on any atom is -0.340 e. The number of carbonyl (C=O) groups excluding carboxylic acids is 1. The Kier molecular flexibility index (Phi) is 5.04. The average Bonchev–Trinajstić information content (AvgIpc) is 3.27. The SMILES string of the molecule is Cc1ccc(-c2csc3ncn(CC(=O)N(C)C4CCS(=O)(=O)C4)c(=O)c23)cc1. The standard InChI is InChI=1S/C20H21N3O4S2/c1-13-3-5-14(6-4-13)16-10-28-19-18(16)20(25)23(12-21-19)9-17(24)22(2)15-7-8-29(26,27)11-15/h3-6,10,12,15H,7-9,11H2,1-2H3. The van der Waals surface area contributed by atoms with Gasteiger partial charge in [-0.1, -0.05) is 29.8 Å². The summed E-state index contributed by atoms with van der Waals surface area (Å²) in [6.45, 7) is 1.83. The van der Waals surface area contributed by atoms with Gasteiger partial charge in [0.05, 0.1) is 23.2 Å². The molecule has 0 saturated carbocycles. The molecule has 1 unspecified atom stereocenters. The molecule has 29 heavy (non-hydrogen) atoms. The highest BCUT2D eigenvalue weighted by molar-refractivity contribution is 7.91. The van der Waals surface area contributed by atoms with Crippen LogP contribution >= 0.6 is 11.3 Å². The van der Waals surface area contributed by atoms with Gasteiger partial charge in [-0.2, -0.15) is 0 Å². The van der Waals surface area contributed by atoms with Crippen molar-refractivity contribution in [3.8, 4) is 11.1 Å². The van der Waals surface area contributed by atoms with Crippen LogP contribution in [-0.2, 0) is 21.2 Å². The molecular formula is C20H21N3O4S2. The molecule has 3 aromatic rings. The van der Waals surface area contributed by atoms with E-state index in [9.17, 15) is 18.0 Å². The molecule has 0 N–H and O–H groups in total. The molecule has 0 aliphatic carbocycles. The quantitative estimate of drug-likeness (QED) is 0.631. The number of sulfone groups is 1. The van der Waals surface area contributed by atoms with Crippen molar-refractivity contribution < 1.29 is 13.2 Å². The predicted octanol–water partition coefficient (Wildman–Crippen LogP) is 2.08. The predicted molar refractivity (Wildman–Crippen MR) is 114 cm³/mol. The molecule has 1 aliphatic rings. The minimum absolute atomic E-state index is 0.0243. The second-order valence-electron chi connectivity index (χ2n) is 7.43. The van der Waals surface area contributed by atoms with Crippen LogP contribution < -0.4 is 5.56 Å². The summed E-state index contributed by atoms with van der Waals surface area (Å²) in [5.41, 5.74) is 2.59. The maximum atomic E-state index is 13.1. The molecule has 1 fully saturated rings. The van der Waals surface area contributed by atoms with Crippen molar-refractivity contribution in [3.63, 3.8) is 0 Å². The number of fused-ring (bicyclic) bond motifs is 1. The van der Waals surface area contributed by atoms with Crippen molar-refractivity contribution in [1.82, 2.24) is 14.5 Å². The van der Waals surface area contributed by atoms with E-state index in [0.29, 0.717) is 16.6 Å². The number of benzene rings is 1. The van der Waals surface area contributed by atoms with E-state index >= 15 is 0 Å². The summed E-state index contributed by atoms with van der Waals surface area (Å²) in [6.07, 6.45) is 1.82. The molecule has 4 rings (SSSR count). The molecular weight excluding hydrogens is 410 g/mol. The first-order valence-electron chi connectivity index (χ1n) is 9.25. The molecule has 0 radical (unpaired) electrons. The van der Waals surface area contributed by atoms with Gasteiger partial charge in [-0.3, -0.25) is 14.2 Å². The van der Waals surface area contributed by atoms with E-state index in [2.05, 4.69) is 4.98 Å². The fourth-order valence-electron chi connectivity index (χ4n) is 3.57. The second kappa shape index (κ2) is 7.38. The minimum atomic E-state index is -3.09.